The fourth-order valence-electron chi connectivity index (χ4n) is 2.86. The molecule has 2 aromatic rings. The summed E-state index contributed by atoms with van der Waals surface area (Å²) in [6.45, 7) is 2.28. The average molecular weight is 336 g/mol. The van der Waals surface area contributed by atoms with Crippen molar-refractivity contribution in [2.75, 3.05) is 18.9 Å². The number of anilines is 1. The van der Waals surface area contributed by atoms with Crippen LogP contribution in [0.2, 0.25) is 0 Å². The normalized spacial score (nSPS) is 19.2. The summed E-state index contributed by atoms with van der Waals surface area (Å²) in [5, 5.41) is 3.06. The van der Waals surface area contributed by atoms with Crippen molar-refractivity contribution in [2.24, 2.45) is 7.05 Å². The summed E-state index contributed by atoms with van der Waals surface area (Å²) in [5.41, 5.74) is 0.721. The second-order valence-corrected chi connectivity index (χ2v) is 7.46. The van der Waals surface area contributed by atoms with Crippen LogP contribution < -0.4 is 5.32 Å². The van der Waals surface area contributed by atoms with E-state index in [-0.39, 0.29) is 11.1 Å². The number of rotatable bonds is 4. The topological polar surface area (TPSA) is 93.0 Å². The molecule has 0 spiro atoms. The van der Waals surface area contributed by atoms with Gasteiger partial charge in [0.1, 0.15) is 11.6 Å². The van der Waals surface area contributed by atoms with E-state index in [2.05, 4.69) is 20.3 Å². The Balaban J connectivity index is 1.99. The Morgan fingerprint density at radius 1 is 1.35 bits per heavy atom. The van der Waals surface area contributed by atoms with E-state index in [0.29, 0.717) is 18.2 Å². The van der Waals surface area contributed by atoms with Crippen LogP contribution in [-0.4, -0.2) is 45.8 Å². The van der Waals surface area contributed by atoms with Gasteiger partial charge in [0.05, 0.1) is 18.1 Å². The smallest absolute Gasteiger partial charge is 0.262 e. The zero-order chi connectivity index (χ0) is 16.6. The number of aromatic nitrogens is 4. The monoisotopic (exact) mass is 336 g/mol. The molecule has 3 rings (SSSR count). The van der Waals surface area contributed by atoms with E-state index in [4.69, 9.17) is 0 Å². The van der Waals surface area contributed by atoms with Crippen LogP contribution in [0.15, 0.2) is 23.6 Å². The first-order valence-corrected chi connectivity index (χ1v) is 8.89. The quantitative estimate of drug-likeness (QED) is 0.898. The molecule has 0 amide bonds. The molecule has 9 heteroatoms. The molecular weight excluding hydrogens is 316 g/mol. The van der Waals surface area contributed by atoms with Crippen molar-refractivity contribution >= 4 is 15.8 Å². The van der Waals surface area contributed by atoms with Crippen LogP contribution in [0.4, 0.5) is 5.82 Å². The fraction of sp³-hybridized carbons (Fsp3) is 0.500. The van der Waals surface area contributed by atoms with Gasteiger partial charge in [0, 0.05) is 32.9 Å². The summed E-state index contributed by atoms with van der Waals surface area (Å²) in [4.78, 5) is 12.7. The zero-order valence-corrected chi connectivity index (χ0v) is 14.2. The van der Waals surface area contributed by atoms with Crippen LogP contribution in [0.25, 0.3) is 0 Å². The molecule has 23 heavy (non-hydrogen) atoms. The summed E-state index contributed by atoms with van der Waals surface area (Å²) in [6, 6.07) is 1.53. The third-order valence-electron chi connectivity index (χ3n) is 3.91. The van der Waals surface area contributed by atoms with Gasteiger partial charge in [0.2, 0.25) is 0 Å². The molecule has 124 valence electrons. The SMILES string of the molecule is CNc1cc([C@@H]2CCCN2S(=O)(=O)c2cn(C)cn2)nc(C)n1. The van der Waals surface area contributed by atoms with Crippen molar-refractivity contribution in [2.45, 2.75) is 30.8 Å². The van der Waals surface area contributed by atoms with E-state index >= 15 is 0 Å². The Morgan fingerprint density at radius 2 is 2.13 bits per heavy atom. The molecule has 1 atom stereocenters. The third kappa shape index (κ3) is 2.93. The summed E-state index contributed by atoms with van der Waals surface area (Å²) < 4.78 is 28.9. The number of nitrogens with zero attached hydrogens (tertiary/aromatic N) is 5. The van der Waals surface area contributed by atoms with E-state index < -0.39 is 10.0 Å². The summed E-state index contributed by atoms with van der Waals surface area (Å²) in [7, 11) is -0.0962. The molecule has 1 saturated heterocycles. The number of nitrogens with one attached hydrogen (secondary N) is 1. The van der Waals surface area contributed by atoms with E-state index in [1.54, 1.807) is 25.6 Å². The van der Waals surface area contributed by atoms with Crippen molar-refractivity contribution in [3.05, 3.63) is 30.1 Å². The van der Waals surface area contributed by atoms with Gasteiger partial charge in [0.25, 0.3) is 10.0 Å². The van der Waals surface area contributed by atoms with Crippen molar-refractivity contribution < 1.29 is 8.42 Å². The van der Waals surface area contributed by atoms with Gasteiger partial charge in [-0.2, -0.15) is 4.31 Å². The molecule has 1 N–H and O–H groups in total. The summed E-state index contributed by atoms with van der Waals surface area (Å²) >= 11 is 0. The number of imidazole rings is 1. The predicted molar refractivity (Wildman–Crippen MR) is 85.4 cm³/mol. The van der Waals surface area contributed by atoms with Crippen molar-refractivity contribution in [1.29, 1.82) is 0 Å². The first kappa shape index (κ1) is 15.9. The standard InChI is InChI=1S/C14H20N6O2S/c1-10-17-11(7-13(15-2)18-10)12-5-4-6-20(12)23(21,22)14-8-19(3)9-16-14/h7-9,12H,4-6H2,1-3H3,(H,15,17,18)/t12-/m0/s1. The molecule has 3 heterocycles. The minimum Gasteiger partial charge on any atom is -0.373 e. The highest BCUT2D eigenvalue weighted by atomic mass is 32.2. The van der Waals surface area contributed by atoms with Gasteiger partial charge in [-0.3, -0.25) is 0 Å². The van der Waals surface area contributed by atoms with Gasteiger partial charge < -0.3 is 9.88 Å². The molecule has 0 aromatic carbocycles. The maximum Gasteiger partial charge on any atom is 0.262 e. The highest BCUT2D eigenvalue weighted by Crippen LogP contribution is 2.35. The first-order chi connectivity index (χ1) is 10.9. The van der Waals surface area contributed by atoms with E-state index in [0.717, 1.165) is 18.5 Å². The molecule has 1 fully saturated rings. The van der Waals surface area contributed by atoms with Crippen LogP contribution in [-0.2, 0) is 17.1 Å². The van der Waals surface area contributed by atoms with Gasteiger partial charge in [-0.1, -0.05) is 0 Å². The Bertz CT molecular complexity index is 816. The molecule has 2 aromatic heterocycles. The molecule has 0 bridgehead atoms. The average Bonchev–Trinajstić information content (AvgIpc) is 3.15. The van der Waals surface area contributed by atoms with Gasteiger partial charge in [0.15, 0.2) is 5.03 Å². The largest absolute Gasteiger partial charge is 0.373 e. The van der Waals surface area contributed by atoms with Crippen LogP contribution in [0.1, 0.15) is 30.4 Å². The van der Waals surface area contributed by atoms with Crippen LogP contribution in [0, 0.1) is 6.92 Å². The molecular formula is C14H20N6O2S. The van der Waals surface area contributed by atoms with Crippen LogP contribution in [0.3, 0.4) is 0 Å². The summed E-state index contributed by atoms with van der Waals surface area (Å²) in [6.07, 6.45) is 4.56. The minimum absolute atomic E-state index is 0.0755. The highest BCUT2D eigenvalue weighted by Gasteiger charge is 2.38. The molecule has 0 aliphatic carbocycles. The van der Waals surface area contributed by atoms with Crippen molar-refractivity contribution in [1.82, 2.24) is 23.8 Å². The lowest BCUT2D eigenvalue weighted by molar-refractivity contribution is 0.388. The fourth-order valence-corrected chi connectivity index (χ4v) is 4.49. The highest BCUT2D eigenvalue weighted by molar-refractivity contribution is 7.89. The first-order valence-electron chi connectivity index (χ1n) is 7.45. The second-order valence-electron chi connectivity index (χ2n) is 5.63. The lowest BCUT2D eigenvalue weighted by Crippen LogP contribution is -2.31. The maximum absolute atomic E-state index is 12.9. The van der Waals surface area contributed by atoms with Crippen molar-refractivity contribution in [3.63, 3.8) is 0 Å². The molecule has 8 nitrogen and oxygen atoms in total. The van der Waals surface area contributed by atoms with E-state index in [1.165, 1.54) is 16.8 Å². The molecule has 0 unspecified atom stereocenters. The maximum atomic E-state index is 12.9. The Morgan fingerprint density at radius 3 is 2.78 bits per heavy atom. The Hall–Kier alpha value is -2.00. The van der Waals surface area contributed by atoms with Crippen LogP contribution >= 0.6 is 0 Å². The second kappa shape index (κ2) is 5.89. The third-order valence-corrected chi connectivity index (χ3v) is 5.71. The van der Waals surface area contributed by atoms with Crippen LogP contribution in [0.5, 0.6) is 0 Å². The van der Waals surface area contributed by atoms with Gasteiger partial charge in [-0.15, -0.1) is 0 Å². The number of aryl methyl sites for hydroxylation is 2. The number of hydrogen-bond donors (Lipinski definition) is 1. The van der Waals surface area contributed by atoms with E-state index in [1.807, 2.05) is 6.07 Å². The van der Waals surface area contributed by atoms with Gasteiger partial charge in [-0.05, 0) is 19.8 Å². The molecule has 1 aliphatic heterocycles. The van der Waals surface area contributed by atoms with Gasteiger partial charge in [-0.25, -0.2) is 23.4 Å². The number of hydrogen-bond acceptors (Lipinski definition) is 6. The molecule has 0 saturated carbocycles. The lowest BCUT2D eigenvalue weighted by atomic mass is 10.1. The van der Waals surface area contributed by atoms with E-state index in [9.17, 15) is 8.42 Å². The molecule has 0 radical (unpaired) electrons. The minimum atomic E-state index is -3.63. The lowest BCUT2D eigenvalue weighted by Gasteiger charge is -2.23. The zero-order valence-electron chi connectivity index (χ0n) is 13.4. The summed E-state index contributed by atoms with van der Waals surface area (Å²) in [5.74, 6) is 1.31. The number of sulfonamides is 1. The molecule has 1 aliphatic rings. The predicted octanol–water partition coefficient (Wildman–Crippen LogP) is 1.09. The van der Waals surface area contributed by atoms with Gasteiger partial charge >= 0.3 is 0 Å². The Labute approximate surface area is 135 Å². The van der Waals surface area contributed by atoms with Crippen molar-refractivity contribution in [3.8, 4) is 0 Å². The Kier molecular flexibility index (Phi) is 4.07.